The number of ether oxygens (including phenoxy) is 1. The molecule has 0 spiro atoms. The summed E-state index contributed by atoms with van der Waals surface area (Å²) in [7, 11) is 0. The molecule has 0 amide bonds. The zero-order valence-corrected chi connectivity index (χ0v) is 12.9. The lowest BCUT2D eigenvalue weighted by molar-refractivity contribution is 0.313. The van der Waals surface area contributed by atoms with Gasteiger partial charge in [-0.05, 0) is 44.0 Å². The standard InChI is InChI=1S/C18H24N2O/c1-3-20(17-11-6-4-9-15(17)2)13-8-14-21-18-12-7-5-10-16(18)19/h4-7,9-12H,3,8,13-14,19H2,1-2H3. The van der Waals surface area contributed by atoms with Gasteiger partial charge in [0.05, 0.1) is 12.3 Å². The van der Waals surface area contributed by atoms with Gasteiger partial charge in [0.25, 0.3) is 0 Å². The number of aryl methyl sites for hydroxylation is 1. The lowest BCUT2D eigenvalue weighted by Crippen LogP contribution is -2.25. The fraction of sp³-hybridized carbons (Fsp3) is 0.333. The maximum absolute atomic E-state index is 5.86. The highest BCUT2D eigenvalue weighted by atomic mass is 16.5. The second-order valence-electron chi connectivity index (χ2n) is 5.11. The molecule has 0 bridgehead atoms. The van der Waals surface area contributed by atoms with Gasteiger partial charge in [-0.3, -0.25) is 0 Å². The molecule has 0 fully saturated rings. The van der Waals surface area contributed by atoms with Gasteiger partial charge < -0.3 is 15.4 Å². The average Bonchev–Trinajstić information content (AvgIpc) is 2.50. The number of nitrogens with zero attached hydrogens (tertiary/aromatic N) is 1. The Labute approximate surface area is 127 Å². The first kappa shape index (κ1) is 15.2. The van der Waals surface area contributed by atoms with Crippen molar-refractivity contribution in [3.8, 4) is 5.75 Å². The summed E-state index contributed by atoms with van der Waals surface area (Å²) in [5.41, 5.74) is 9.18. The van der Waals surface area contributed by atoms with E-state index in [-0.39, 0.29) is 0 Å². The number of anilines is 2. The fourth-order valence-corrected chi connectivity index (χ4v) is 2.42. The Bertz CT molecular complexity index is 569. The van der Waals surface area contributed by atoms with E-state index >= 15 is 0 Å². The Morgan fingerprint density at radius 3 is 2.48 bits per heavy atom. The molecule has 112 valence electrons. The van der Waals surface area contributed by atoms with E-state index in [2.05, 4.69) is 43.0 Å². The highest BCUT2D eigenvalue weighted by Gasteiger charge is 2.06. The van der Waals surface area contributed by atoms with Gasteiger partial charge in [-0.2, -0.15) is 0 Å². The maximum atomic E-state index is 5.86. The number of para-hydroxylation sites is 3. The Morgan fingerprint density at radius 2 is 1.76 bits per heavy atom. The molecule has 0 saturated carbocycles. The number of hydrogen-bond donors (Lipinski definition) is 1. The van der Waals surface area contributed by atoms with Crippen molar-refractivity contribution in [2.24, 2.45) is 0 Å². The van der Waals surface area contributed by atoms with Crippen LogP contribution in [0.1, 0.15) is 18.9 Å². The van der Waals surface area contributed by atoms with E-state index in [1.165, 1.54) is 11.3 Å². The smallest absolute Gasteiger partial charge is 0.142 e. The summed E-state index contributed by atoms with van der Waals surface area (Å²) in [6, 6.07) is 16.1. The molecule has 2 aromatic carbocycles. The van der Waals surface area contributed by atoms with E-state index in [0.717, 1.165) is 25.3 Å². The monoisotopic (exact) mass is 284 g/mol. The molecular weight excluding hydrogens is 260 g/mol. The number of hydrogen-bond acceptors (Lipinski definition) is 3. The lowest BCUT2D eigenvalue weighted by atomic mass is 10.2. The second kappa shape index (κ2) is 7.58. The van der Waals surface area contributed by atoms with E-state index in [1.54, 1.807) is 0 Å². The number of nitrogen functional groups attached to an aromatic ring is 1. The Kier molecular flexibility index (Phi) is 5.50. The van der Waals surface area contributed by atoms with Crippen molar-refractivity contribution in [1.82, 2.24) is 0 Å². The lowest BCUT2D eigenvalue weighted by Gasteiger charge is -2.25. The number of benzene rings is 2. The van der Waals surface area contributed by atoms with Gasteiger partial charge in [-0.15, -0.1) is 0 Å². The van der Waals surface area contributed by atoms with Crippen molar-refractivity contribution < 1.29 is 4.74 Å². The maximum Gasteiger partial charge on any atom is 0.142 e. The molecule has 2 aromatic rings. The highest BCUT2D eigenvalue weighted by Crippen LogP contribution is 2.21. The van der Waals surface area contributed by atoms with Crippen LogP contribution in [0, 0.1) is 6.92 Å². The van der Waals surface area contributed by atoms with Gasteiger partial charge >= 0.3 is 0 Å². The van der Waals surface area contributed by atoms with Crippen LogP contribution in [0.3, 0.4) is 0 Å². The molecule has 0 aliphatic heterocycles. The zero-order chi connectivity index (χ0) is 15.1. The molecular formula is C18H24N2O. The summed E-state index contributed by atoms with van der Waals surface area (Å²) in [6.07, 6.45) is 0.969. The highest BCUT2D eigenvalue weighted by molar-refractivity contribution is 5.53. The topological polar surface area (TPSA) is 38.5 Å². The van der Waals surface area contributed by atoms with Crippen molar-refractivity contribution in [2.75, 3.05) is 30.3 Å². The predicted octanol–water partition coefficient (Wildman–Crippen LogP) is 3.87. The van der Waals surface area contributed by atoms with Crippen molar-refractivity contribution in [3.63, 3.8) is 0 Å². The third-order valence-electron chi connectivity index (χ3n) is 3.59. The third kappa shape index (κ3) is 4.15. The van der Waals surface area contributed by atoms with Crippen LogP contribution in [0.15, 0.2) is 48.5 Å². The molecule has 0 unspecified atom stereocenters. The second-order valence-corrected chi connectivity index (χ2v) is 5.11. The minimum atomic E-state index is 0.677. The first-order chi connectivity index (χ1) is 10.2. The summed E-state index contributed by atoms with van der Waals surface area (Å²) >= 11 is 0. The largest absolute Gasteiger partial charge is 0.491 e. The molecule has 2 N–H and O–H groups in total. The molecule has 21 heavy (non-hydrogen) atoms. The molecule has 3 nitrogen and oxygen atoms in total. The number of nitrogens with two attached hydrogens (primary N) is 1. The van der Waals surface area contributed by atoms with Crippen molar-refractivity contribution in [3.05, 3.63) is 54.1 Å². The van der Waals surface area contributed by atoms with E-state index in [0.29, 0.717) is 12.3 Å². The molecule has 0 aliphatic rings. The van der Waals surface area contributed by atoms with E-state index in [4.69, 9.17) is 10.5 Å². The summed E-state index contributed by atoms with van der Waals surface area (Å²) < 4.78 is 5.75. The molecule has 0 atom stereocenters. The Morgan fingerprint density at radius 1 is 1.05 bits per heavy atom. The minimum absolute atomic E-state index is 0.677. The minimum Gasteiger partial charge on any atom is -0.491 e. The zero-order valence-electron chi connectivity index (χ0n) is 12.9. The average molecular weight is 284 g/mol. The first-order valence-electron chi connectivity index (χ1n) is 7.50. The molecule has 0 aliphatic carbocycles. The molecule has 0 radical (unpaired) electrons. The van der Waals surface area contributed by atoms with Gasteiger partial charge in [-0.25, -0.2) is 0 Å². The molecule has 3 heteroatoms. The van der Waals surface area contributed by atoms with Crippen molar-refractivity contribution >= 4 is 11.4 Å². The Hall–Kier alpha value is -2.16. The van der Waals surface area contributed by atoms with Crippen LogP contribution in [0.2, 0.25) is 0 Å². The summed E-state index contributed by atoms with van der Waals surface area (Å²) in [6.45, 7) is 6.99. The van der Waals surface area contributed by atoms with Gasteiger partial charge in [0.1, 0.15) is 5.75 Å². The summed E-state index contributed by atoms with van der Waals surface area (Å²) in [5, 5.41) is 0. The quantitative estimate of drug-likeness (QED) is 0.619. The molecule has 0 aromatic heterocycles. The van der Waals surface area contributed by atoms with Crippen LogP contribution in [-0.2, 0) is 0 Å². The van der Waals surface area contributed by atoms with Gasteiger partial charge in [0.15, 0.2) is 0 Å². The van der Waals surface area contributed by atoms with Gasteiger partial charge in [0.2, 0.25) is 0 Å². The Balaban J connectivity index is 1.85. The summed E-state index contributed by atoms with van der Waals surface area (Å²) in [4.78, 5) is 2.38. The van der Waals surface area contributed by atoms with Crippen LogP contribution in [0.25, 0.3) is 0 Å². The SMILES string of the molecule is CCN(CCCOc1ccccc1N)c1ccccc1C. The van der Waals surface area contributed by atoms with Crippen molar-refractivity contribution in [1.29, 1.82) is 0 Å². The fourth-order valence-electron chi connectivity index (χ4n) is 2.42. The van der Waals surface area contributed by atoms with Crippen LogP contribution >= 0.6 is 0 Å². The third-order valence-corrected chi connectivity index (χ3v) is 3.59. The molecule has 2 rings (SSSR count). The first-order valence-corrected chi connectivity index (χ1v) is 7.50. The van der Waals surface area contributed by atoms with Crippen molar-refractivity contribution in [2.45, 2.75) is 20.3 Å². The van der Waals surface area contributed by atoms with Crippen LogP contribution in [0.5, 0.6) is 5.75 Å². The van der Waals surface area contributed by atoms with Gasteiger partial charge in [0, 0.05) is 18.8 Å². The predicted molar refractivity (Wildman–Crippen MR) is 90.0 cm³/mol. The van der Waals surface area contributed by atoms with Gasteiger partial charge in [-0.1, -0.05) is 30.3 Å². The van der Waals surface area contributed by atoms with Crippen LogP contribution in [0.4, 0.5) is 11.4 Å². The summed E-state index contributed by atoms with van der Waals surface area (Å²) in [5.74, 6) is 0.774. The van der Waals surface area contributed by atoms with E-state index < -0.39 is 0 Å². The van der Waals surface area contributed by atoms with Crippen LogP contribution in [-0.4, -0.2) is 19.7 Å². The van der Waals surface area contributed by atoms with Crippen LogP contribution < -0.4 is 15.4 Å². The number of rotatable bonds is 7. The van der Waals surface area contributed by atoms with E-state index in [1.807, 2.05) is 24.3 Å². The van der Waals surface area contributed by atoms with E-state index in [9.17, 15) is 0 Å². The normalized spacial score (nSPS) is 10.4. The molecule has 0 saturated heterocycles. The molecule has 0 heterocycles.